The van der Waals surface area contributed by atoms with Crippen molar-refractivity contribution in [2.24, 2.45) is 5.92 Å². The molecule has 174 valence electrons. The summed E-state index contributed by atoms with van der Waals surface area (Å²) < 4.78 is 15.9. The summed E-state index contributed by atoms with van der Waals surface area (Å²) in [5.74, 6) is -1.40. The van der Waals surface area contributed by atoms with Crippen LogP contribution in [0.5, 0.6) is 0 Å². The summed E-state index contributed by atoms with van der Waals surface area (Å²) in [6.07, 6.45) is 1.54. The smallest absolute Gasteiger partial charge is 0.338 e. The average Bonchev–Trinajstić information content (AvgIpc) is 3.55. The predicted octanol–water partition coefficient (Wildman–Crippen LogP) is 2.10. The van der Waals surface area contributed by atoms with Crippen molar-refractivity contribution in [2.75, 3.05) is 19.8 Å². The normalized spacial score (nSPS) is 20.5. The average molecular weight is 474 g/mol. The molecular weight excluding hydrogens is 450 g/mol. The van der Waals surface area contributed by atoms with E-state index in [9.17, 15) is 19.2 Å². The second kappa shape index (κ2) is 9.90. The second-order valence-corrected chi connectivity index (χ2v) is 8.50. The SMILES string of the molecule is CCOC(=O)C1=C(COC(=O)[C@@H]2CC(=O)N(Cc3ccco3)C2)NC(=O)N[C@H]1c1cccs1. The summed E-state index contributed by atoms with van der Waals surface area (Å²) >= 11 is 1.38. The molecule has 0 radical (unpaired) electrons. The van der Waals surface area contributed by atoms with Crippen LogP contribution >= 0.6 is 11.3 Å². The highest BCUT2D eigenvalue weighted by Crippen LogP contribution is 2.31. The highest BCUT2D eigenvalue weighted by Gasteiger charge is 2.38. The zero-order chi connectivity index (χ0) is 23.4. The Labute approximate surface area is 193 Å². The van der Waals surface area contributed by atoms with Gasteiger partial charge in [-0.2, -0.15) is 0 Å². The van der Waals surface area contributed by atoms with Gasteiger partial charge in [0.2, 0.25) is 5.91 Å². The number of furan rings is 1. The molecule has 2 aliphatic heterocycles. The molecule has 0 unspecified atom stereocenters. The van der Waals surface area contributed by atoms with E-state index in [0.29, 0.717) is 5.76 Å². The van der Waals surface area contributed by atoms with E-state index < -0.39 is 29.9 Å². The maximum Gasteiger partial charge on any atom is 0.338 e. The molecule has 1 saturated heterocycles. The van der Waals surface area contributed by atoms with Crippen LogP contribution in [-0.4, -0.2) is 48.5 Å². The summed E-state index contributed by atoms with van der Waals surface area (Å²) in [7, 11) is 0. The molecule has 2 aromatic rings. The number of rotatable bonds is 8. The number of hydrogen-bond acceptors (Lipinski definition) is 8. The van der Waals surface area contributed by atoms with Crippen LogP contribution in [0.4, 0.5) is 4.79 Å². The minimum Gasteiger partial charge on any atom is -0.467 e. The highest BCUT2D eigenvalue weighted by atomic mass is 32.1. The molecule has 3 amide bonds. The van der Waals surface area contributed by atoms with Gasteiger partial charge in [-0.3, -0.25) is 9.59 Å². The Morgan fingerprint density at radius 2 is 2.09 bits per heavy atom. The molecule has 0 aliphatic carbocycles. The quantitative estimate of drug-likeness (QED) is 0.562. The van der Waals surface area contributed by atoms with Crippen LogP contribution in [0.3, 0.4) is 0 Å². The van der Waals surface area contributed by atoms with Gasteiger partial charge in [0, 0.05) is 17.8 Å². The topological polar surface area (TPSA) is 127 Å². The molecule has 0 bridgehead atoms. The number of nitrogens with one attached hydrogen (secondary N) is 2. The van der Waals surface area contributed by atoms with Gasteiger partial charge >= 0.3 is 18.0 Å². The first-order valence-electron chi connectivity index (χ1n) is 10.4. The van der Waals surface area contributed by atoms with Crippen LogP contribution in [0.15, 0.2) is 51.6 Å². The van der Waals surface area contributed by atoms with Gasteiger partial charge in [-0.15, -0.1) is 11.3 Å². The molecule has 1 fully saturated rings. The third-order valence-electron chi connectivity index (χ3n) is 5.31. The van der Waals surface area contributed by atoms with Crippen LogP contribution < -0.4 is 10.6 Å². The highest BCUT2D eigenvalue weighted by molar-refractivity contribution is 7.10. The first kappa shape index (κ1) is 22.6. The van der Waals surface area contributed by atoms with Crippen LogP contribution in [0.1, 0.15) is 30.0 Å². The van der Waals surface area contributed by atoms with E-state index in [1.54, 1.807) is 25.1 Å². The fraction of sp³-hybridized carbons (Fsp3) is 0.364. The van der Waals surface area contributed by atoms with Crippen molar-refractivity contribution in [1.29, 1.82) is 0 Å². The lowest BCUT2D eigenvalue weighted by Crippen LogP contribution is -2.47. The van der Waals surface area contributed by atoms with E-state index in [2.05, 4.69) is 10.6 Å². The molecule has 4 rings (SSSR count). The number of amides is 3. The first-order chi connectivity index (χ1) is 16.0. The van der Waals surface area contributed by atoms with Crippen molar-refractivity contribution < 1.29 is 33.1 Å². The molecule has 0 saturated carbocycles. The zero-order valence-corrected chi connectivity index (χ0v) is 18.7. The standard InChI is InChI=1S/C22H23N3O7S/c1-2-30-21(28)18-15(23-22(29)24-19(18)16-6-4-8-33-16)12-32-20(27)13-9-17(26)25(10-13)11-14-5-3-7-31-14/h3-8,13,19H,2,9-12H2,1H3,(H2,23,24,29)/t13-,19+/m1/s1. The molecular formula is C22H23N3O7S. The summed E-state index contributed by atoms with van der Waals surface area (Å²) in [6.45, 7) is 1.98. The molecule has 2 atom stereocenters. The third kappa shape index (κ3) is 5.08. The number of esters is 2. The van der Waals surface area contributed by atoms with Crippen LogP contribution in [0.25, 0.3) is 0 Å². The second-order valence-electron chi connectivity index (χ2n) is 7.52. The van der Waals surface area contributed by atoms with Gasteiger partial charge in [0.25, 0.3) is 0 Å². The molecule has 11 heteroatoms. The van der Waals surface area contributed by atoms with E-state index in [4.69, 9.17) is 13.9 Å². The van der Waals surface area contributed by atoms with Gasteiger partial charge in [-0.25, -0.2) is 9.59 Å². The molecule has 0 aromatic carbocycles. The predicted molar refractivity (Wildman–Crippen MR) is 116 cm³/mol. The Bertz CT molecular complexity index is 1060. The molecule has 2 aromatic heterocycles. The van der Waals surface area contributed by atoms with E-state index in [1.165, 1.54) is 22.5 Å². The fourth-order valence-corrected chi connectivity index (χ4v) is 4.57. The van der Waals surface area contributed by atoms with Gasteiger partial charge in [0.1, 0.15) is 12.4 Å². The monoisotopic (exact) mass is 473 g/mol. The van der Waals surface area contributed by atoms with Crippen molar-refractivity contribution >= 4 is 35.2 Å². The molecule has 10 nitrogen and oxygen atoms in total. The maximum absolute atomic E-state index is 12.7. The number of thiophene rings is 1. The minimum atomic E-state index is -0.719. The van der Waals surface area contributed by atoms with Crippen molar-refractivity contribution in [3.63, 3.8) is 0 Å². The number of ether oxygens (including phenoxy) is 2. The molecule has 2 N–H and O–H groups in total. The summed E-state index contributed by atoms with van der Waals surface area (Å²) in [4.78, 5) is 52.2. The number of likely N-dealkylation sites (tertiary alicyclic amines) is 1. The largest absolute Gasteiger partial charge is 0.467 e. The first-order valence-corrected chi connectivity index (χ1v) is 11.3. The fourth-order valence-electron chi connectivity index (χ4n) is 3.79. The van der Waals surface area contributed by atoms with Crippen LogP contribution in [-0.2, 0) is 30.4 Å². The van der Waals surface area contributed by atoms with E-state index in [0.717, 1.165) is 4.88 Å². The van der Waals surface area contributed by atoms with Crippen LogP contribution in [0.2, 0.25) is 0 Å². The van der Waals surface area contributed by atoms with E-state index in [-0.39, 0.29) is 49.9 Å². The van der Waals surface area contributed by atoms with Gasteiger partial charge in [0.05, 0.1) is 42.6 Å². The lowest BCUT2D eigenvalue weighted by Gasteiger charge is -2.28. The van der Waals surface area contributed by atoms with E-state index in [1.807, 2.05) is 11.4 Å². The molecule has 4 heterocycles. The maximum atomic E-state index is 12.7. The molecule has 0 spiro atoms. The molecule has 2 aliphatic rings. The van der Waals surface area contributed by atoms with Crippen LogP contribution in [0, 0.1) is 5.92 Å². The lowest BCUT2D eigenvalue weighted by atomic mass is 10.0. The summed E-state index contributed by atoms with van der Waals surface area (Å²) in [5.41, 5.74) is 0.328. The van der Waals surface area contributed by atoms with Crippen molar-refractivity contribution in [3.8, 4) is 0 Å². The number of carbonyl (C=O) groups excluding carboxylic acids is 4. The van der Waals surface area contributed by atoms with Gasteiger partial charge in [-0.05, 0) is 30.5 Å². The Morgan fingerprint density at radius 1 is 1.24 bits per heavy atom. The number of urea groups is 1. The number of nitrogens with zero attached hydrogens (tertiary/aromatic N) is 1. The number of carbonyl (C=O) groups is 4. The Morgan fingerprint density at radius 3 is 2.79 bits per heavy atom. The minimum absolute atomic E-state index is 0.0229. The third-order valence-corrected chi connectivity index (χ3v) is 6.25. The van der Waals surface area contributed by atoms with E-state index >= 15 is 0 Å². The Hall–Kier alpha value is -3.60. The lowest BCUT2D eigenvalue weighted by molar-refractivity contribution is -0.148. The van der Waals surface area contributed by atoms with Gasteiger partial charge in [0.15, 0.2) is 0 Å². The number of hydrogen-bond donors (Lipinski definition) is 2. The Balaban J connectivity index is 1.47. The molecule has 33 heavy (non-hydrogen) atoms. The Kier molecular flexibility index (Phi) is 6.78. The zero-order valence-electron chi connectivity index (χ0n) is 17.9. The van der Waals surface area contributed by atoms with Crippen molar-refractivity contribution in [1.82, 2.24) is 15.5 Å². The van der Waals surface area contributed by atoms with Gasteiger partial charge < -0.3 is 29.4 Å². The van der Waals surface area contributed by atoms with Crippen molar-refractivity contribution in [3.05, 3.63) is 57.8 Å². The summed E-state index contributed by atoms with van der Waals surface area (Å²) in [6, 6.07) is 5.85. The van der Waals surface area contributed by atoms with Crippen molar-refractivity contribution in [2.45, 2.75) is 25.9 Å². The van der Waals surface area contributed by atoms with Gasteiger partial charge in [-0.1, -0.05) is 6.07 Å². The summed E-state index contributed by atoms with van der Waals surface area (Å²) in [5, 5.41) is 7.10.